The number of hydrogen-bond donors (Lipinski definition) is 1. The zero-order valence-corrected chi connectivity index (χ0v) is 10.5. The van der Waals surface area contributed by atoms with Crippen molar-refractivity contribution in [2.75, 3.05) is 0 Å². The number of nitrogens with one attached hydrogen (secondary N) is 1. The van der Waals surface area contributed by atoms with Gasteiger partial charge in [0.05, 0.1) is 0 Å². The molecule has 0 spiro atoms. The van der Waals surface area contributed by atoms with Crippen LogP contribution in [0.4, 0.5) is 0 Å². The summed E-state index contributed by atoms with van der Waals surface area (Å²) in [6.07, 6.45) is 9.01. The number of hydrogen-bond acceptors (Lipinski definition) is 2. The Kier molecular flexibility index (Phi) is 3.38. The Labute approximate surface area is 93.1 Å². The second kappa shape index (κ2) is 4.21. The van der Waals surface area contributed by atoms with Crippen LogP contribution in [0, 0.1) is 10.8 Å². The summed E-state index contributed by atoms with van der Waals surface area (Å²) < 4.78 is 0. The van der Waals surface area contributed by atoms with Crippen LogP contribution in [-0.4, -0.2) is 6.21 Å². The highest BCUT2D eigenvalue weighted by Gasteiger charge is 2.38. The topological polar surface area (TPSA) is 24.4 Å². The van der Waals surface area contributed by atoms with E-state index in [0.29, 0.717) is 0 Å². The van der Waals surface area contributed by atoms with E-state index < -0.39 is 0 Å². The predicted octanol–water partition coefficient (Wildman–Crippen LogP) is 3.48. The maximum absolute atomic E-state index is 4.14. The van der Waals surface area contributed by atoms with Gasteiger partial charge >= 0.3 is 0 Å². The quantitative estimate of drug-likeness (QED) is 0.751. The fourth-order valence-electron chi connectivity index (χ4n) is 1.54. The molecule has 0 unspecified atom stereocenters. The molecule has 0 amide bonds. The maximum atomic E-state index is 4.14. The van der Waals surface area contributed by atoms with Gasteiger partial charge in [-0.05, 0) is 17.6 Å². The third kappa shape index (κ3) is 2.31. The Hall–Kier alpha value is -1.05. The van der Waals surface area contributed by atoms with Gasteiger partial charge in [-0.25, -0.2) is 0 Å². The van der Waals surface area contributed by atoms with E-state index in [2.05, 4.69) is 51.2 Å². The molecular weight excluding hydrogens is 184 g/mol. The highest BCUT2D eigenvalue weighted by Crippen LogP contribution is 2.45. The van der Waals surface area contributed by atoms with Crippen molar-refractivity contribution in [3.63, 3.8) is 0 Å². The van der Waals surface area contributed by atoms with Gasteiger partial charge in [0.1, 0.15) is 0 Å². The number of hydrazone groups is 1. The molecule has 15 heavy (non-hydrogen) atoms. The van der Waals surface area contributed by atoms with Crippen LogP contribution in [0.5, 0.6) is 0 Å². The molecular formula is C13H22N2. The molecule has 1 heterocycles. The lowest BCUT2D eigenvalue weighted by atomic mass is 9.64. The van der Waals surface area contributed by atoms with E-state index in [1.54, 1.807) is 6.21 Å². The molecule has 0 bridgehead atoms. The van der Waals surface area contributed by atoms with Gasteiger partial charge in [-0.1, -0.05) is 47.1 Å². The molecule has 0 aromatic heterocycles. The molecule has 0 fully saturated rings. The Morgan fingerprint density at radius 2 is 1.87 bits per heavy atom. The predicted molar refractivity (Wildman–Crippen MR) is 66.7 cm³/mol. The number of nitrogens with zero attached hydrogens (tertiary/aromatic N) is 1. The Balaban J connectivity index is 3.00. The summed E-state index contributed by atoms with van der Waals surface area (Å²) in [7, 11) is 0. The Bertz CT molecular complexity index is 306. The minimum atomic E-state index is 0.0910. The molecule has 0 radical (unpaired) electrons. The van der Waals surface area contributed by atoms with E-state index in [0.717, 1.165) is 6.42 Å². The average Bonchev–Trinajstić information content (AvgIpc) is 2.45. The van der Waals surface area contributed by atoms with E-state index in [4.69, 9.17) is 0 Å². The van der Waals surface area contributed by atoms with Gasteiger partial charge < -0.3 is 0 Å². The summed E-state index contributed by atoms with van der Waals surface area (Å²) in [5.74, 6) is 0. The summed E-state index contributed by atoms with van der Waals surface area (Å²) in [4.78, 5) is 0. The van der Waals surface area contributed by atoms with Crippen molar-refractivity contribution >= 4 is 6.21 Å². The van der Waals surface area contributed by atoms with Crippen LogP contribution in [0.3, 0.4) is 0 Å². The smallest absolute Gasteiger partial charge is 0.0472 e. The van der Waals surface area contributed by atoms with Crippen LogP contribution in [-0.2, 0) is 0 Å². The highest BCUT2D eigenvalue weighted by atomic mass is 15.3. The molecule has 2 nitrogen and oxygen atoms in total. The SMILES string of the molecule is CCC(C)(C)C(C)(C)C1=CC=CC=NN1. The van der Waals surface area contributed by atoms with Crippen LogP contribution in [0.25, 0.3) is 0 Å². The van der Waals surface area contributed by atoms with Crippen molar-refractivity contribution in [1.29, 1.82) is 0 Å². The first-order chi connectivity index (χ1) is 6.92. The first-order valence-corrected chi connectivity index (χ1v) is 5.58. The summed E-state index contributed by atoms with van der Waals surface area (Å²) in [5, 5.41) is 4.14. The van der Waals surface area contributed by atoms with Crippen LogP contribution in [0.1, 0.15) is 41.0 Å². The van der Waals surface area contributed by atoms with Crippen LogP contribution < -0.4 is 5.43 Å². The fourth-order valence-corrected chi connectivity index (χ4v) is 1.54. The van der Waals surface area contributed by atoms with E-state index in [9.17, 15) is 0 Å². The molecule has 1 N–H and O–H groups in total. The number of rotatable bonds is 3. The second-order valence-electron chi connectivity index (χ2n) is 5.22. The van der Waals surface area contributed by atoms with Crippen LogP contribution in [0.15, 0.2) is 29.0 Å². The van der Waals surface area contributed by atoms with Gasteiger partial charge in [-0.2, -0.15) is 5.10 Å². The lowest BCUT2D eigenvalue weighted by Gasteiger charge is -2.42. The third-order valence-corrected chi connectivity index (χ3v) is 3.97. The monoisotopic (exact) mass is 206 g/mol. The molecule has 0 atom stereocenters. The van der Waals surface area contributed by atoms with E-state index in [1.807, 2.05) is 12.2 Å². The molecule has 1 aliphatic heterocycles. The molecule has 0 saturated heterocycles. The Morgan fingerprint density at radius 3 is 2.47 bits per heavy atom. The van der Waals surface area contributed by atoms with Gasteiger partial charge in [0.15, 0.2) is 0 Å². The van der Waals surface area contributed by atoms with Crippen molar-refractivity contribution < 1.29 is 0 Å². The van der Waals surface area contributed by atoms with Gasteiger partial charge in [0.2, 0.25) is 0 Å². The molecule has 1 aliphatic rings. The molecule has 1 rings (SSSR count). The van der Waals surface area contributed by atoms with Gasteiger partial charge in [0, 0.05) is 17.3 Å². The molecule has 0 aliphatic carbocycles. The second-order valence-corrected chi connectivity index (χ2v) is 5.22. The van der Waals surface area contributed by atoms with E-state index in [-0.39, 0.29) is 10.8 Å². The lowest BCUT2D eigenvalue weighted by molar-refractivity contribution is 0.137. The molecule has 0 aromatic rings. The lowest BCUT2D eigenvalue weighted by Crippen LogP contribution is -2.37. The van der Waals surface area contributed by atoms with Gasteiger partial charge in [-0.3, -0.25) is 5.43 Å². The van der Waals surface area contributed by atoms with Crippen molar-refractivity contribution in [2.24, 2.45) is 15.9 Å². The molecule has 2 heteroatoms. The van der Waals surface area contributed by atoms with Gasteiger partial charge in [-0.15, -0.1) is 0 Å². The van der Waals surface area contributed by atoms with E-state index in [1.165, 1.54) is 5.70 Å². The zero-order valence-electron chi connectivity index (χ0n) is 10.5. The summed E-state index contributed by atoms with van der Waals surface area (Å²) in [6, 6.07) is 0. The maximum Gasteiger partial charge on any atom is 0.0472 e. The zero-order chi connectivity index (χ0) is 11.5. The van der Waals surface area contributed by atoms with Crippen molar-refractivity contribution in [2.45, 2.75) is 41.0 Å². The molecule has 0 saturated carbocycles. The standard InChI is InChI=1S/C13H22N2/c1-6-12(2,3)13(4,5)11-9-7-8-10-14-15-11/h7-10,15H,6H2,1-5H3. The average molecular weight is 206 g/mol. The fraction of sp³-hybridized carbons (Fsp3) is 0.615. The molecule has 84 valence electrons. The minimum absolute atomic E-state index is 0.0910. The van der Waals surface area contributed by atoms with Crippen molar-refractivity contribution in [3.8, 4) is 0 Å². The number of allylic oxidation sites excluding steroid dienone is 4. The van der Waals surface area contributed by atoms with Crippen molar-refractivity contribution in [1.82, 2.24) is 5.43 Å². The minimum Gasteiger partial charge on any atom is -0.282 e. The Morgan fingerprint density at radius 1 is 1.20 bits per heavy atom. The normalized spacial score (nSPS) is 17.0. The largest absolute Gasteiger partial charge is 0.282 e. The summed E-state index contributed by atoms with van der Waals surface area (Å²) in [5.41, 5.74) is 4.65. The van der Waals surface area contributed by atoms with Crippen LogP contribution in [0.2, 0.25) is 0 Å². The molecule has 0 aromatic carbocycles. The summed E-state index contributed by atoms with van der Waals surface area (Å²) in [6.45, 7) is 11.4. The first kappa shape index (κ1) is 12.0. The van der Waals surface area contributed by atoms with Crippen molar-refractivity contribution in [3.05, 3.63) is 23.9 Å². The van der Waals surface area contributed by atoms with Crippen LogP contribution >= 0.6 is 0 Å². The third-order valence-electron chi connectivity index (χ3n) is 3.97. The first-order valence-electron chi connectivity index (χ1n) is 5.58. The van der Waals surface area contributed by atoms with Gasteiger partial charge in [0.25, 0.3) is 0 Å². The highest BCUT2D eigenvalue weighted by molar-refractivity contribution is 5.71. The summed E-state index contributed by atoms with van der Waals surface area (Å²) >= 11 is 0. The van der Waals surface area contributed by atoms with E-state index >= 15 is 0 Å².